The van der Waals surface area contributed by atoms with Crippen LogP contribution < -0.4 is 5.32 Å². The largest absolute Gasteiger partial charge is 0.328 e. The van der Waals surface area contributed by atoms with Gasteiger partial charge in [0.15, 0.2) is 0 Å². The Hall–Kier alpha value is -0.420. The van der Waals surface area contributed by atoms with Gasteiger partial charge in [0, 0.05) is 28.9 Å². The fourth-order valence-electron chi connectivity index (χ4n) is 1.64. The van der Waals surface area contributed by atoms with Crippen LogP contribution in [0, 0.1) is 5.92 Å². The Bertz CT molecular complexity index is 256. The molecule has 0 radical (unpaired) electrons. The molecule has 1 rings (SSSR count). The zero-order chi connectivity index (χ0) is 11.4. The van der Waals surface area contributed by atoms with Gasteiger partial charge < -0.3 is 4.90 Å². The predicted octanol–water partition coefficient (Wildman–Crippen LogP) is 0.169. The van der Waals surface area contributed by atoms with Gasteiger partial charge in [-0.2, -0.15) is 0 Å². The minimum absolute atomic E-state index is 0.0555. The van der Waals surface area contributed by atoms with Crippen molar-refractivity contribution < 1.29 is 9.00 Å². The Morgan fingerprint density at radius 3 is 2.73 bits per heavy atom. The molecule has 1 aliphatic rings. The normalized spacial score (nSPS) is 23.9. The average Bonchev–Trinajstić information content (AvgIpc) is 2.56. The van der Waals surface area contributed by atoms with Crippen LogP contribution in [0.1, 0.15) is 20.8 Å². The minimum atomic E-state index is -0.782. The van der Waals surface area contributed by atoms with Crippen molar-refractivity contribution in [1.29, 1.82) is 0 Å². The molecule has 1 aliphatic heterocycles. The van der Waals surface area contributed by atoms with E-state index in [4.69, 9.17) is 0 Å². The van der Waals surface area contributed by atoms with Crippen molar-refractivity contribution in [2.24, 2.45) is 5.92 Å². The summed E-state index contributed by atoms with van der Waals surface area (Å²) >= 11 is 0. The fraction of sp³-hybridized carbons (Fsp3) is 0.900. The van der Waals surface area contributed by atoms with Gasteiger partial charge in [-0.15, -0.1) is 0 Å². The lowest BCUT2D eigenvalue weighted by Crippen LogP contribution is -2.35. The van der Waals surface area contributed by atoms with E-state index in [-0.39, 0.29) is 11.9 Å². The van der Waals surface area contributed by atoms with Crippen molar-refractivity contribution in [3.8, 4) is 0 Å². The second-order valence-electron chi connectivity index (χ2n) is 4.12. The molecule has 0 aromatic carbocycles. The SMILES string of the molecule is CCS(=O)CCN1CNC(C(C)C)C1=O. The van der Waals surface area contributed by atoms with Gasteiger partial charge in [0.05, 0.1) is 12.7 Å². The van der Waals surface area contributed by atoms with Gasteiger partial charge in [-0.1, -0.05) is 20.8 Å². The van der Waals surface area contributed by atoms with E-state index in [1.54, 1.807) is 4.90 Å². The number of carbonyl (C=O) groups excluding carboxylic acids is 1. The minimum Gasteiger partial charge on any atom is -0.328 e. The first-order valence-corrected chi connectivity index (χ1v) is 6.92. The molecule has 0 aromatic heterocycles. The number of hydrogen-bond acceptors (Lipinski definition) is 3. The average molecular weight is 232 g/mol. The highest BCUT2D eigenvalue weighted by atomic mass is 32.2. The fourth-order valence-corrected chi connectivity index (χ4v) is 2.35. The summed E-state index contributed by atoms with van der Waals surface area (Å²) < 4.78 is 11.2. The maximum absolute atomic E-state index is 11.8. The summed E-state index contributed by atoms with van der Waals surface area (Å²) in [7, 11) is -0.782. The molecule has 0 aliphatic carbocycles. The van der Waals surface area contributed by atoms with Crippen LogP contribution in [-0.2, 0) is 15.6 Å². The molecular weight excluding hydrogens is 212 g/mol. The van der Waals surface area contributed by atoms with E-state index in [2.05, 4.69) is 5.32 Å². The summed E-state index contributed by atoms with van der Waals surface area (Å²) in [5.74, 6) is 1.73. The molecule has 5 heteroatoms. The quantitative estimate of drug-likeness (QED) is 0.735. The zero-order valence-corrected chi connectivity index (χ0v) is 10.5. The van der Waals surface area contributed by atoms with Crippen molar-refractivity contribution in [2.75, 3.05) is 24.7 Å². The summed E-state index contributed by atoms with van der Waals surface area (Å²) in [6, 6.07) is -0.0555. The molecule has 4 nitrogen and oxygen atoms in total. The molecular formula is C10H20N2O2S. The maximum atomic E-state index is 11.8. The Morgan fingerprint density at radius 1 is 1.60 bits per heavy atom. The summed E-state index contributed by atoms with van der Waals surface area (Å²) in [5.41, 5.74) is 0. The van der Waals surface area contributed by atoms with Crippen LogP contribution in [0.15, 0.2) is 0 Å². The predicted molar refractivity (Wildman–Crippen MR) is 61.9 cm³/mol. The van der Waals surface area contributed by atoms with E-state index < -0.39 is 10.8 Å². The standard InChI is InChI=1S/C10H20N2O2S/c1-4-15(14)6-5-12-7-11-9(8(2)3)10(12)13/h8-9,11H,4-7H2,1-3H3. The number of nitrogens with one attached hydrogen (secondary N) is 1. The number of nitrogens with zero attached hydrogens (tertiary/aromatic N) is 1. The van der Waals surface area contributed by atoms with Crippen LogP contribution in [-0.4, -0.2) is 45.8 Å². The molecule has 1 amide bonds. The molecule has 2 atom stereocenters. The molecule has 1 fully saturated rings. The third-order valence-corrected chi connectivity index (χ3v) is 3.94. The highest BCUT2D eigenvalue weighted by Gasteiger charge is 2.32. The van der Waals surface area contributed by atoms with Gasteiger partial charge >= 0.3 is 0 Å². The van der Waals surface area contributed by atoms with Crippen LogP contribution in [0.2, 0.25) is 0 Å². The summed E-state index contributed by atoms with van der Waals surface area (Å²) in [6.07, 6.45) is 0. The van der Waals surface area contributed by atoms with Gasteiger partial charge in [0.1, 0.15) is 0 Å². The number of hydrogen-bond donors (Lipinski definition) is 1. The van der Waals surface area contributed by atoms with Crippen LogP contribution in [0.3, 0.4) is 0 Å². The van der Waals surface area contributed by atoms with Crippen molar-refractivity contribution >= 4 is 16.7 Å². The molecule has 15 heavy (non-hydrogen) atoms. The highest BCUT2D eigenvalue weighted by Crippen LogP contribution is 2.11. The van der Waals surface area contributed by atoms with Gasteiger partial charge in [0.2, 0.25) is 5.91 Å². The third kappa shape index (κ3) is 3.28. The van der Waals surface area contributed by atoms with E-state index >= 15 is 0 Å². The molecule has 1 heterocycles. The van der Waals surface area contributed by atoms with Crippen LogP contribution in [0.4, 0.5) is 0 Å². The topological polar surface area (TPSA) is 49.4 Å². The molecule has 0 aromatic rings. The number of rotatable bonds is 5. The van der Waals surface area contributed by atoms with Gasteiger partial charge in [-0.05, 0) is 5.92 Å². The van der Waals surface area contributed by atoms with E-state index in [9.17, 15) is 9.00 Å². The Morgan fingerprint density at radius 2 is 2.27 bits per heavy atom. The Labute approximate surface area is 93.9 Å². The molecule has 0 spiro atoms. The first-order valence-electron chi connectivity index (χ1n) is 5.43. The molecule has 1 saturated heterocycles. The molecule has 0 bridgehead atoms. The maximum Gasteiger partial charge on any atom is 0.241 e. The van der Waals surface area contributed by atoms with Crippen LogP contribution >= 0.6 is 0 Å². The van der Waals surface area contributed by atoms with Crippen molar-refractivity contribution in [1.82, 2.24) is 10.2 Å². The van der Waals surface area contributed by atoms with Gasteiger partial charge in [0.25, 0.3) is 0 Å². The first kappa shape index (κ1) is 12.6. The van der Waals surface area contributed by atoms with E-state index in [0.717, 1.165) is 0 Å². The Kier molecular flexibility index (Phi) is 4.73. The first-order chi connectivity index (χ1) is 7.06. The van der Waals surface area contributed by atoms with E-state index in [1.165, 1.54) is 0 Å². The molecule has 88 valence electrons. The summed E-state index contributed by atoms with van der Waals surface area (Å²) in [4.78, 5) is 13.6. The van der Waals surface area contributed by atoms with E-state index in [0.29, 0.717) is 30.6 Å². The second kappa shape index (κ2) is 5.61. The summed E-state index contributed by atoms with van der Waals surface area (Å²) in [6.45, 7) is 7.17. The monoisotopic (exact) mass is 232 g/mol. The van der Waals surface area contributed by atoms with E-state index in [1.807, 2.05) is 20.8 Å². The lowest BCUT2D eigenvalue weighted by Gasteiger charge is -2.16. The Balaban J connectivity index is 2.40. The second-order valence-corrected chi connectivity index (χ2v) is 5.98. The smallest absolute Gasteiger partial charge is 0.241 e. The molecule has 2 unspecified atom stereocenters. The number of amides is 1. The molecule has 1 N–H and O–H groups in total. The van der Waals surface area contributed by atoms with Crippen LogP contribution in [0.5, 0.6) is 0 Å². The highest BCUT2D eigenvalue weighted by molar-refractivity contribution is 7.84. The van der Waals surface area contributed by atoms with Gasteiger partial charge in [-0.25, -0.2) is 0 Å². The number of carbonyl (C=O) groups is 1. The lowest BCUT2D eigenvalue weighted by atomic mass is 10.1. The van der Waals surface area contributed by atoms with Gasteiger partial charge in [-0.3, -0.25) is 14.3 Å². The molecule has 0 saturated carbocycles. The van der Waals surface area contributed by atoms with Crippen molar-refractivity contribution in [2.45, 2.75) is 26.8 Å². The van der Waals surface area contributed by atoms with Crippen LogP contribution in [0.25, 0.3) is 0 Å². The third-order valence-electron chi connectivity index (χ3n) is 2.66. The van der Waals surface area contributed by atoms with Crippen molar-refractivity contribution in [3.05, 3.63) is 0 Å². The lowest BCUT2D eigenvalue weighted by molar-refractivity contribution is -0.129. The zero-order valence-electron chi connectivity index (χ0n) is 9.66. The van der Waals surface area contributed by atoms with Crippen molar-refractivity contribution in [3.63, 3.8) is 0 Å². The summed E-state index contributed by atoms with van der Waals surface area (Å²) in [5, 5.41) is 3.18.